The second-order valence-electron chi connectivity index (χ2n) is 9.19. The zero-order valence-electron chi connectivity index (χ0n) is 20.3. The predicted molar refractivity (Wildman–Crippen MR) is 134 cm³/mol. The quantitative estimate of drug-likeness (QED) is 0.510. The molecule has 5 rings (SSSR count). The van der Waals surface area contributed by atoms with Gasteiger partial charge >= 0.3 is 0 Å². The van der Waals surface area contributed by atoms with E-state index in [1.165, 1.54) is 12.8 Å². The molecule has 1 atom stereocenters. The van der Waals surface area contributed by atoms with Crippen LogP contribution in [0.5, 0.6) is 17.2 Å². The van der Waals surface area contributed by atoms with Crippen molar-refractivity contribution in [1.29, 1.82) is 0 Å². The van der Waals surface area contributed by atoms with Gasteiger partial charge in [-0.25, -0.2) is 0 Å². The molecule has 1 saturated heterocycles. The highest BCUT2D eigenvalue weighted by molar-refractivity contribution is 5.95. The van der Waals surface area contributed by atoms with E-state index in [2.05, 4.69) is 20.4 Å². The standard InChI is InChI=1S/C27H32N4O4/c1-18-23(16-28-30-18)19-5-7-24(26(15-19)34-12-11-31-9-3-4-10-31)29-27(32)21-13-20-14-22(33-2)6-8-25(20)35-17-21/h5-8,14-16,21H,3-4,9-13,17H2,1-2H3,(H,28,30)(H,29,32)/t21-/m1/s1. The van der Waals surface area contributed by atoms with Gasteiger partial charge in [-0.15, -0.1) is 0 Å². The fraction of sp³-hybridized carbons (Fsp3) is 0.407. The summed E-state index contributed by atoms with van der Waals surface area (Å²) in [5.41, 5.74) is 4.63. The van der Waals surface area contributed by atoms with Crippen LogP contribution < -0.4 is 19.5 Å². The summed E-state index contributed by atoms with van der Waals surface area (Å²) in [6, 6.07) is 11.6. The summed E-state index contributed by atoms with van der Waals surface area (Å²) in [5.74, 6) is 1.83. The smallest absolute Gasteiger partial charge is 0.231 e. The Bertz CT molecular complexity index is 1190. The fourth-order valence-electron chi connectivity index (χ4n) is 4.75. The van der Waals surface area contributed by atoms with Crippen LogP contribution in [-0.2, 0) is 11.2 Å². The van der Waals surface area contributed by atoms with E-state index < -0.39 is 0 Å². The van der Waals surface area contributed by atoms with Crippen molar-refractivity contribution in [3.05, 3.63) is 53.9 Å². The molecule has 0 aliphatic carbocycles. The Balaban J connectivity index is 1.32. The van der Waals surface area contributed by atoms with Crippen LogP contribution in [0.25, 0.3) is 11.1 Å². The number of ether oxygens (including phenoxy) is 3. The Labute approximate surface area is 205 Å². The third-order valence-corrected chi connectivity index (χ3v) is 6.79. The molecule has 2 N–H and O–H groups in total. The number of aryl methyl sites for hydroxylation is 1. The number of likely N-dealkylation sites (tertiary alicyclic amines) is 1. The van der Waals surface area contributed by atoms with E-state index in [-0.39, 0.29) is 11.8 Å². The van der Waals surface area contributed by atoms with Crippen LogP contribution in [0, 0.1) is 12.8 Å². The normalized spacial score (nSPS) is 17.5. The molecule has 8 heteroatoms. The molecule has 2 aromatic carbocycles. The highest BCUT2D eigenvalue weighted by Crippen LogP contribution is 2.34. The Morgan fingerprint density at radius 3 is 2.86 bits per heavy atom. The van der Waals surface area contributed by atoms with Crippen LogP contribution in [0.2, 0.25) is 0 Å². The summed E-state index contributed by atoms with van der Waals surface area (Å²) >= 11 is 0. The second kappa shape index (κ2) is 10.4. The minimum Gasteiger partial charge on any atom is -0.497 e. The van der Waals surface area contributed by atoms with Crippen LogP contribution in [0.3, 0.4) is 0 Å². The van der Waals surface area contributed by atoms with Crippen molar-refractivity contribution in [2.45, 2.75) is 26.2 Å². The van der Waals surface area contributed by atoms with E-state index in [0.717, 1.165) is 53.5 Å². The van der Waals surface area contributed by atoms with Crippen molar-refractivity contribution in [1.82, 2.24) is 15.1 Å². The number of rotatable bonds is 8. The lowest BCUT2D eigenvalue weighted by Crippen LogP contribution is -2.32. The summed E-state index contributed by atoms with van der Waals surface area (Å²) < 4.78 is 17.4. The monoisotopic (exact) mass is 476 g/mol. The summed E-state index contributed by atoms with van der Waals surface area (Å²) in [4.78, 5) is 15.6. The Hall–Kier alpha value is -3.52. The molecule has 8 nitrogen and oxygen atoms in total. The van der Waals surface area contributed by atoms with Crippen molar-refractivity contribution in [2.75, 3.05) is 45.3 Å². The SMILES string of the molecule is COc1ccc2c(c1)C[C@@H](C(=O)Nc1ccc(-c3cn[nH]c3C)cc1OCCN1CCCC1)CO2. The third-order valence-electron chi connectivity index (χ3n) is 6.79. The highest BCUT2D eigenvalue weighted by Gasteiger charge is 2.27. The number of amides is 1. The number of nitrogens with one attached hydrogen (secondary N) is 2. The lowest BCUT2D eigenvalue weighted by molar-refractivity contribution is -0.121. The van der Waals surface area contributed by atoms with Crippen molar-refractivity contribution >= 4 is 11.6 Å². The van der Waals surface area contributed by atoms with Gasteiger partial charge in [-0.3, -0.25) is 14.8 Å². The number of carbonyl (C=O) groups is 1. The van der Waals surface area contributed by atoms with Gasteiger partial charge in [0.05, 0.1) is 24.9 Å². The molecule has 1 fully saturated rings. The lowest BCUT2D eigenvalue weighted by Gasteiger charge is -2.25. The number of aromatic nitrogens is 2. The number of hydrogen-bond acceptors (Lipinski definition) is 6. The van der Waals surface area contributed by atoms with Crippen LogP contribution in [0.15, 0.2) is 42.6 Å². The maximum atomic E-state index is 13.2. The predicted octanol–water partition coefficient (Wildman–Crippen LogP) is 4.06. The Morgan fingerprint density at radius 1 is 1.23 bits per heavy atom. The van der Waals surface area contributed by atoms with Crippen molar-refractivity contribution in [3.63, 3.8) is 0 Å². The molecule has 0 unspecified atom stereocenters. The van der Waals surface area contributed by atoms with E-state index >= 15 is 0 Å². The maximum absolute atomic E-state index is 13.2. The number of benzene rings is 2. The molecule has 2 aliphatic rings. The first-order chi connectivity index (χ1) is 17.1. The van der Waals surface area contributed by atoms with E-state index in [9.17, 15) is 4.79 Å². The van der Waals surface area contributed by atoms with E-state index in [4.69, 9.17) is 14.2 Å². The van der Waals surface area contributed by atoms with Gasteiger partial charge in [-0.05, 0) is 80.7 Å². The van der Waals surface area contributed by atoms with Crippen molar-refractivity contribution in [3.8, 4) is 28.4 Å². The molecule has 1 aromatic heterocycles. The lowest BCUT2D eigenvalue weighted by atomic mass is 9.95. The van der Waals surface area contributed by atoms with Crippen LogP contribution >= 0.6 is 0 Å². The Morgan fingerprint density at radius 2 is 2.09 bits per heavy atom. The maximum Gasteiger partial charge on any atom is 0.231 e. The number of carbonyl (C=O) groups excluding carboxylic acids is 1. The molecule has 3 heterocycles. The van der Waals surface area contributed by atoms with Gasteiger partial charge in [0.2, 0.25) is 5.91 Å². The van der Waals surface area contributed by atoms with Gasteiger partial charge in [0, 0.05) is 17.8 Å². The summed E-state index contributed by atoms with van der Waals surface area (Å²) in [6.45, 7) is 6.00. The Kier molecular flexibility index (Phi) is 6.90. The number of aromatic amines is 1. The first kappa shape index (κ1) is 23.2. The average Bonchev–Trinajstić information content (AvgIpc) is 3.56. The minimum atomic E-state index is -0.303. The van der Waals surface area contributed by atoms with Crippen LogP contribution in [0.1, 0.15) is 24.1 Å². The van der Waals surface area contributed by atoms with E-state index in [1.54, 1.807) is 7.11 Å². The first-order valence-corrected chi connectivity index (χ1v) is 12.2. The molecule has 0 bridgehead atoms. The summed E-state index contributed by atoms with van der Waals surface area (Å²) in [6.07, 6.45) is 4.89. The largest absolute Gasteiger partial charge is 0.497 e. The number of H-pyrrole nitrogens is 1. The number of fused-ring (bicyclic) bond motifs is 1. The van der Waals surface area contributed by atoms with Crippen LogP contribution in [0.4, 0.5) is 5.69 Å². The van der Waals surface area contributed by atoms with Crippen LogP contribution in [-0.4, -0.2) is 61.0 Å². The highest BCUT2D eigenvalue weighted by atomic mass is 16.5. The molecule has 3 aromatic rings. The molecule has 0 spiro atoms. The molecular weight excluding hydrogens is 444 g/mol. The van der Waals surface area contributed by atoms with Gasteiger partial charge in [0.15, 0.2) is 0 Å². The summed E-state index contributed by atoms with van der Waals surface area (Å²) in [7, 11) is 1.63. The third kappa shape index (κ3) is 5.27. The van der Waals surface area contributed by atoms with Gasteiger partial charge in [0.25, 0.3) is 0 Å². The molecule has 184 valence electrons. The topological polar surface area (TPSA) is 88.7 Å². The number of anilines is 1. The summed E-state index contributed by atoms with van der Waals surface area (Å²) in [5, 5.41) is 10.2. The number of methoxy groups -OCH3 is 1. The molecule has 0 radical (unpaired) electrons. The minimum absolute atomic E-state index is 0.0879. The zero-order valence-corrected chi connectivity index (χ0v) is 20.3. The van der Waals surface area contributed by atoms with Gasteiger partial charge in [0.1, 0.15) is 30.5 Å². The zero-order chi connectivity index (χ0) is 24.2. The van der Waals surface area contributed by atoms with Gasteiger partial charge in [-0.2, -0.15) is 5.10 Å². The molecule has 35 heavy (non-hydrogen) atoms. The molecule has 0 saturated carbocycles. The van der Waals surface area contributed by atoms with Gasteiger partial charge < -0.3 is 19.5 Å². The molecule has 1 amide bonds. The van der Waals surface area contributed by atoms with E-state index in [1.807, 2.05) is 49.5 Å². The average molecular weight is 477 g/mol. The fourth-order valence-corrected chi connectivity index (χ4v) is 4.75. The second-order valence-corrected chi connectivity index (χ2v) is 9.19. The van der Waals surface area contributed by atoms with E-state index in [0.29, 0.717) is 31.1 Å². The number of hydrogen-bond donors (Lipinski definition) is 2. The molecule has 2 aliphatic heterocycles. The van der Waals surface area contributed by atoms with Crippen molar-refractivity contribution < 1.29 is 19.0 Å². The van der Waals surface area contributed by atoms with Crippen molar-refractivity contribution in [2.24, 2.45) is 5.92 Å². The molecular formula is C27H32N4O4. The first-order valence-electron chi connectivity index (χ1n) is 12.2. The number of nitrogens with zero attached hydrogens (tertiary/aromatic N) is 2. The van der Waals surface area contributed by atoms with Gasteiger partial charge in [-0.1, -0.05) is 6.07 Å².